The first-order chi connectivity index (χ1) is 11.3. The maximum Gasteiger partial charge on any atom is 0.220 e. The number of hydrogen-bond donors (Lipinski definition) is 0. The summed E-state index contributed by atoms with van der Waals surface area (Å²) in [5.41, 5.74) is 1.85. The van der Waals surface area contributed by atoms with Crippen LogP contribution >= 0.6 is 0 Å². The van der Waals surface area contributed by atoms with Gasteiger partial charge >= 0.3 is 0 Å². The summed E-state index contributed by atoms with van der Waals surface area (Å²) in [6, 6.07) is 5.90. The molecule has 1 aliphatic carbocycles. The van der Waals surface area contributed by atoms with Crippen LogP contribution in [0.5, 0.6) is 5.75 Å². The van der Waals surface area contributed by atoms with Gasteiger partial charge in [0.2, 0.25) is 15.9 Å². The average Bonchev–Trinajstić information content (AvgIpc) is 3.31. The highest BCUT2D eigenvalue weighted by Crippen LogP contribution is 2.32. The third kappa shape index (κ3) is 3.72. The number of ether oxygens (including phenoxy) is 1. The van der Waals surface area contributed by atoms with E-state index < -0.39 is 10.0 Å². The van der Waals surface area contributed by atoms with Gasteiger partial charge < -0.3 is 9.64 Å². The van der Waals surface area contributed by atoms with Crippen LogP contribution in [-0.2, 0) is 27.9 Å². The van der Waals surface area contributed by atoms with E-state index in [1.54, 1.807) is 16.1 Å². The van der Waals surface area contributed by atoms with Gasteiger partial charge in [0.1, 0.15) is 12.4 Å². The van der Waals surface area contributed by atoms with Crippen molar-refractivity contribution in [3.05, 3.63) is 29.3 Å². The Bertz CT molecular complexity index is 743. The predicted octanol–water partition coefficient (Wildman–Crippen LogP) is 1.74. The minimum atomic E-state index is -3.22. The molecular formula is C17H24N2O4S. The lowest BCUT2D eigenvalue weighted by Crippen LogP contribution is -2.38. The average molecular weight is 352 g/mol. The number of rotatable bonds is 4. The van der Waals surface area contributed by atoms with Crippen LogP contribution in [0.2, 0.25) is 0 Å². The summed E-state index contributed by atoms with van der Waals surface area (Å²) >= 11 is 0. The zero-order valence-corrected chi connectivity index (χ0v) is 15.2. The molecule has 1 amide bonds. The fourth-order valence-corrected chi connectivity index (χ4v) is 4.25. The van der Waals surface area contributed by atoms with Crippen LogP contribution in [0.1, 0.15) is 37.8 Å². The maximum atomic E-state index is 12.0. The molecular weight excluding hydrogens is 328 g/mol. The molecule has 1 aromatic carbocycles. The van der Waals surface area contributed by atoms with E-state index in [9.17, 15) is 13.2 Å². The maximum absolute atomic E-state index is 12.0. The molecule has 1 aliphatic heterocycles. The van der Waals surface area contributed by atoms with Gasteiger partial charge in [-0.05, 0) is 37.5 Å². The van der Waals surface area contributed by atoms with E-state index in [0.717, 1.165) is 29.7 Å². The van der Waals surface area contributed by atoms with Crippen molar-refractivity contribution in [2.75, 3.05) is 12.9 Å². The lowest BCUT2D eigenvalue weighted by Gasteiger charge is -2.24. The van der Waals surface area contributed by atoms with Crippen LogP contribution in [0.15, 0.2) is 18.2 Å². The monoisotopic (exact) mass is 352 g/mol. The minimum absolute atomic E-state index is 0.0114. The van der Waals surface area contributed by atoms with Crippen molar-refractivity contribution in [3.63, 3.8) is 0 Å². The van der Waals surface area contributed by atoms with Crippen LogP contribution in [0.25, 0.3) is 0 Å². The number of nitrogens with zero attached hydrogens (tertiary/aromatic N) is 2. The van der Waals surface area contributed by atoms with Gasteiger partial charge in [0.05, 0.1) is 12.3 Å². The Balaban J connectivity index is 1.85. The summed E-state index contributed by atoms with van der Waals surface area (Å²) in [5, 5.41) is 0. The molecule has 1 heterocycles. The first kappa shape index (κ1) is 17.2. The van der Waals surface area contributed by atoms with Crippen molar-refractivity contribution in [1.29, 1.82) is 0 Å². The first-order valence-corrected chi connectivity index (χ1v) is 10.1. The van der Waals surface area contributed by atoms with Crippen molar-refractivity contribution in [3.8, 4) is 5.75 Å². The van der Waals surface area contributed by atoms with Gasteiger partial charge in [-0.15, -0.1) is 0 Å². The van der Waals surface area contributed by atoms with Crippen molar-refractivity contribution >= 4 is 15.9 Å². The summed E-state index contributed by atoms with van der Waals surface area (Å²) < 4.78 is 31.4. The molecule has 0 saturated heterocycles. The van der Waals surface area contributed by atoms with E-state index in [4.69, 9.17) is 4.74 Å². The van der Waals surface area contributed by atoms with Crippen molar-refractivity contribution in [2.45, 2.75) is 51.9 Å². The number of fused-ring (bicyclic) bond motifs is 1. The smallest absolute Gasteiger partial charge is 0.220 e. The molecule has 1 aromatic rings. The summed E-state index contributed by atoms with van der Waals surface area (Å²) in [4.78, 5) is 13.6. The molecule has 0 bridgehead atoms. The molecule has 6 nitrogen and oxygen atoms in total. The SMILES string of the molecule is CC(=O)N1Cc2cc(CN(C3CC3)S(C)(=O)=O)ccc2OC[C@@H]1C. The molecule has 1 fully saturated rings. The Labute approximate surface area is 143 Å². The van der Waals surface area contributed by atoms with Crippen molar-refractivity contribution in [1.82, 2.24) is 9.21 Å². The minimum Gasteiger partial charge on any atom is -0.491 e. The second-order valence-corrected chi connectivity index (χ2v) is 8.72. The van der Waals surface area contributed by atoms with Gasteiger partial charge in [-0.2, -0.15) is 4.31 Å². The van der Waals surface area contributed by atoms with Crippen LogP contribution < -0.4 is 4.74 Å². The molecule has 132 valence electrons. The molecule has 1 atom stereocenters. The van der Waals surface area contributed by atoms with Crippen molar-refractivity contribution in [2.24, 2.45) is 0 Å². The lowest BCUT2D eigenvalue weighted by atomic mass is 10.1. The summed E-state index contributed by atoms with van der Waals surface area (Å²) in [6.07, 6.45) is 3.12. The largest absolute Gasteiger partial charge is 0.491 e. The van der Waals surface area contributed by atoms with E-state index in [0.29, 0.717) is 19.7 Å². The van der Waals surface area contributed by atoms with E-state index in [2.05, 4.69) is 0 Å². The highest BCUT2D eigenvalue weighted by atomic mass is 32.2. The Morgan fingerprint density at radius 2 is 2.08 bits per heavy atom. The van der Waals surface area contributed by atoms with Crippen LogP contribution in [0.4, 0.5) is 0 Å². The van der Waals surface area contributed by atoms with E-state index in [-0.39, 0.29) is 18.0 Å². The highest BCUT2D eigenvalue weighted by molar-refractivity contribution is 7.88. The Morgan fingerprint density at radius 1 is 1.38 bits per heavy atom. The zero-order chi connectivity index (χ0) is 17.5. The van der Waals surface area contributed by atoms with Crippen LogP contribution in [-0.4, -0.2) is 48.5 Å². The molecule has 0 N–H and O–H groups in total. The quantitative estimate of drug-likeness (QED) is 0.828. The number of sulfonamides is 1. The van der Waals surface area contributed by atoms with E-state index in [1.165, 1.54) is 6.26 Å². The highest BCUT2D eigenvalue weighted by Gasteiger charge is 2.35. The topological polar surface area (TPSA) is 66.9 Å². The molecule has 3 rings (SSSR count). The molecule has 0 aromatic heterocycles. The third-order valence-electron chi connectivity index (χ3n) is 4.60. The number of amides is 1. The first-order valence-electron chi connectivity index (χ1n) is 8.24. The zero-order valence-electron chi connectivity index (χ0n) is 14.4. The van der Waals surface area contributed by atoms with Gasteiger partial charge in [-0.1, -0.05) is 6.07 Å². The van der Waals surface area contributed by atoms with E-state index in [1.807, 2.05) is 25.1 Å². The lowest BCUT2D eigenvalue weighted by molar-refractivity contribution is -0.131. The summed E-state index contributed by atoms with van der Waals surface area (Å²) in [6.45, 7) is 4.84. The molecule has 1 saturated carbocycles. The van der Waals surface area contributed by atoms with Gasteiger partial charge in [0.15, 0.2) is 0 Å². The number of carbonyl (C=O) groups excluding carboxylic acids is 1. The van der Waals surface area contributed by atoms with Crippen LogP contribution in [0, 0.1) is 0 Å². The molecule has 0 unspecified atom stereocenters. The van der Waals surface area contributed by atoms with Crippen LogP contribution in [0.3, 0.4) is 0 Å². The van der Waals surface area contributed by atoms with Crippen molar-refractivity contribution < 1.29 is 17.9 Å². The molecule has 24 heavy (non-hydrogen) atoms. The normalized spacial score (nSPS) is 21.2. The Kier molecular flexibility index (Phi) is 4.57. The fourth-order valence-electron chi connectivity index (χ4n) is 3.12. The predicted molar refractivity (Wildman–Crippen MR) is 91.0 cm³/mol. The molecule has 0 spiro atoms. The molecule has 7 heteroatoms. The summed E-state index contributed by atoms with van der Waals surface area (Å²) in [5.74, 6) is 0.784. The second-order valence-electron chi connectivity index (χ2n) is 6.79. The third-order valence-corrected chi connectivity index (χ3v) is 5.88. The Morgan fingerprint density at radius 3 is 2.67 bits per heavy atom. The Hall–Kier alpha value is -1.60. The number of carbonyl (C=O) groups is 1. The summed E-state index contributed by atoms with van der Waals surface area (Å²) in [7, 11) is -3.22. The number of benzene rings is 1. The van der Waals surface area contributed by atoms with Gasteiger partial charge in [0.25, 0.3) is 0 Å². The van der Waals surface area contributed by atoms with Gasteiger partial charge in [-0.25, -0.2) is 8.42 Å². The van der Waals surface area contributed by atoms with Gasteiger partial charge in [-0.3, -0.25) is 4.79 Å². The molecule has 0 radical (unpaired) electrons. The number of hydrogen-bond acceptors (Lipinski definition) is 4. The second kappa shape index (κ2) is 6.37. The van der Waals surface area contributed by atoms with E-state index >= 15 is 0 Å². The molecule has 2 aliphatic rings. The van der Waals surface area contributed by atoms with Gasteiger partial charge in [0, 0.05) is 31.6 Å². The standard InChI is InChI=1S/C17H24N2O4S/c1-12-11-23-17-7-4-14(8-15(17)10-18(12)13(2)20)9-19(16-5-6-16)24(3,21)22/h4,7-8,12,16H,5-6,9-11H2,1-3H3/t12-/m0/s1. The fraction of sp³-hybridized carbons (Fsp3) is 0.588.